The Morgan fingerprint density at radius 2 is 1.47 bits per heavy atom. The number of ether oxygens (including phenoxy) is 1. The predicted octanol–water partition coefficient (Wildman–Crippen LogP) is 6.01. The Morgan fingerprint density at radius 1 is 0.844 bits per heavy atom. The Labute approximate surface area is 188 Å². The number of phenols is 1. The molecule has 0 heterocycles. The van der Waals surface area contributed by atoms with Crippen molar-refractivity contribution in [3.63, 3.8) is 0 Å². The van der Waals surface area contributed by atoms with Gasteiger partial charge < -0.3 is 14.7 Å². The fourth-order valence-electron chi connectivity index (χ4n) is 4.16. The topological polar surface area (TPSA) is 49.8 Å². The molecule has 4 aromatic carbocycles. The van der Waals surface area contributed by atoms with Crippen LogP contribution in [0.5, 0.6) is 11.5 Å². The molecule has 1 N–H and O–H groups in total. The molecule has 4 rings (SSSR count). The number of aromatic hydroxyl groups is 1. The lowest BCUT2D eigenvalue weighted by Crippen LogP contribution is -2.30. The van der Waals surface area contributed by atoms with Crippen LogP contribution in [0.4, 0.5) is 0 Å². The van der Waals surface area contributed by atoms with Crippen LogP contribution in [0.15, 0.2) is 78.9 Å². The van der Waals surface area contributed by atoms with E-state index in [-0.39, 0.29) is 5.91 Å². The number of nitrogens with zero attached hydrogens (tertiary/aromatic N) is 1. The summed E-state index contributed by atoms with van der Waals surface area (Å²) >= 11 is 0. The van der Waals surface area contributed by atoms with E-state index in [0.29, 0.717) is 30.2 Å². The normalized spacial score (nSPS) is 10.8. The van der Waals surface area contributed by atoms with Crippen LogP contribution in [0.3, 0.4) is 0 Å². The number of fused-ring (bicyclic) bond motifs is 1. The molecule has 0 fully saturated rings. The minimum absolute atomic E-state index is 0.0918. The van der Waals surface area contributed by atoms with Gasteiger partial charge in [0.05, 0.1) is 12.7 Å². The molecule has 1 amide bonds. The highest BCUT2D eigenvalue weighted by molar-refractivity contribution is 6.09. The van der Waals surface area contributed by atoms with E-state index < -0.39 is 0 Å². The zero-order valence-corrected chi connectivity index (χ0v) is 18.6. The number of hydrogen-bond acceptors (Lipinski definition) is 3. The smallest absolute Gasteiger partial charge is 0.258 e. The highest BCUT2D eigenvalue weighted by atomic mass is 16.5. The summed E-state index contributed by atoms with van der Waals surface area (Å²) < 4.78 is 5.60. The second-order valence-corrected chi connectivity index (χ2v) is 8.09. The van der Waals surface area contributed by atoms with Gasteiger partial charge in [-0.25, -0.2) is 0 Å². The first kappa shape index (κ1) is 21.4. The molecule has 4 heteroatoms. The summed E-state index contributed by atoms with van der Waals surface area (Å²) in [5.74, 6) is 0.765. The number of aryl methyl sites for hydroxylation is 2. The van der Waals surface area contributed by atoms with E-state index in [4.69, 9.17) is 4.74 Å². The van der Waals surface area contributed by atoms with Crippen molar-refractivity contribution in [2.45, 2.75) is 26.9 Å². The summed E-state index contributed by atoms with van der Waals surface area (Å²) in [6, 6.07) is 25.5. The Hall–Kier alpha value is -3.79. The number of benzene rings is 4. The van der Waals surface area contributed by atoms with E-state index in [1.807, 2.05) is 97.6 Å². The largest absolute Gasteiger partial charge is 0.507 e. The van der Waals surface area contributed by atoms with Crippen molar-refractivity contribution >= 4 is 16.7 Å². The third kappa shape index (κ3) is 4.30. The summed E-state index contributed by atoms with van der Waals surface area (Å²) in [4.78, 5) is 15.8. The second-order valence-electron chi connectivity index (χ2n) is 8.09. The maximum Gasteiger partial charge on any atom is 0.258 e. The first-order valence-electron chi connectivity index (χ1n) is 10.7. The Morgan fingerprint density at radius 3 is 2.16 bits per heavy atom. The minimum Gasteiger partial charge on any atom is -0.507 e. The molecule has 0 spiro atoms. The van der Waals surface area contributed by atoms with Gasteiger partial charge in [0.25, 0.3) is 5.91 Å². The van der Waals surface area contributed by atoms with Crippen LogP contribution >= 0.6 is 0 Å². The minimum atomic E-state index is -0.0918. The molecule has 0 saturated heterocycles. The van der Waals surface area contributed by atoms with Gasteiger partial charge >= 0.3 is 0 Å². The number of rotatable bonds is 6. The van der Waals surface area contributed by atoms with E-state index in [9.17, 15) is 9.90 Å². The molecule has 4 aromatic rings. The van der Waals surface area contributed by atoms with Crippen LogP contribution in [0, 0.1) is 13.8 Å². The van der Waals surface area contributed by atoms with Crippen molar-refractivity contribution in [3.8, 4) is 11.5 Å². The van der Waals surface area contributed by atoms with Crippen LogP contribution in [0.1, 0.15) is 32.6 Å². The fourth-order valence-corrected chi connectivity index (χ4v) is 4.16. The maximum atomic E-state index is 14.0. The summed E-state index contributed by atoms with van der Waals surface area (Å²) in [5.41, 5.74) is 4.19. The zero-order valence-electron chi connectivity index (χ0n) is 18.6. The van der Waals surface area contributed by atoms with Crippen LogP contribution in [-0.4, -0.2) is 23.0 Å². The van der Waals surface area contributed by atoms with Crippen LogP contribution in [-0.2, 0) is 13.1 Å². The van der Waals surface area contributed by atoms with Crippen molar-refractivity contribution < 1.29 is 14.6 Å². The van der Waals surface area contributed by atoms with Gasteiger partial charge in [0, 0.05) is 13.1 Å². The van der Waals surface area contributed by atoms with E-state index in [0.717, 1.165) is 33.0 Å². The predicted molar refractivity (Wildman–Crippen MR) is 128 cm³/mol. The van der Waals surface area contributed by atoms with Gasteiger partial charge in [0.1, 0.15) is 11.5 Å². The third-order valence-electron chi connectivity index (χ3n) is 5.75. The molecule has 0 aliphatic rings. The summed E-state index contributed by atoms with van der Waals surface area (Å²) in [7, 11) is 1.59. The van der Waals surface area contributed by atoms with E-state index in [1.54, 1.807) is 7.11 Å². The van der Waals surface area contributed by atoms with E-state index >= 15 is 0 Å². The van der Waals surface area contributed by atoms with Crippen molar-refractivity contribution in [1.29, 1.82) is 0 Å². The number of methoxy groups -OCH3 is 1. The molecule has 0 radical (unpaired) electrons. The zero-order chi connectivity index (χ0) is 22.7. The lowest BCUT2D eigenvalue weighted by molar-refractivity contribution is 0.0728. The summed E-state index contributed by atoms with van der Waals surface area (Å²) in [5, 5.41) is 12.0. The van der Waals surface area contributed by atoms with Crippen LogP contribution < -0.4 is 4.74 Å². The number of hydrogen-bond donors (Lipinski definition) is 1. The van der Waals surface area contributed by atoms with Gasteiger partial charge in [-0.3, -0.25) is 4.79 Å². The van der Waals surface area contributed by atoms with Gasteiger partial charge in [0.2, 0.25) is 0 Å². The molecule has 32 heavy (non-hydrogen) atoms. The lowest BCUT2D eigenvalue weighted by atomic mass is 10.0. The lowest BCUT2D eigenvalue weighted by Gasteiger charge is -2.25. The molecule has 0 aliphatic heterocycles. The molecular formula is C28H27NO3. The van der Waals surface area contributed by atoms with Crippen molar-refractivity contribution in [2.24, 2.45) is 0 Å². The monoisotopic (exact) mass is 425 g/mol. The van der Waals surface area contributed by atoms with Crippen molar-refractivity contribution in [2.75, 3.05) is 7.11 Å². The third-order valence-corrected chi connectivity index (χ3v) is 5.75. The first-order valence-corrected chi connectivity index (χ1v) is 10.7. The molecule has 0 saturated carbocycles. The molecule has 4 nitrogen and oxygen atoms in total. The summed E-state index contributed by atoms with van der Waals surface area (Å²) in [6.07, 6.45) is 0. The van der Waals surface area contributed by atoms with Crippen LogP contribution in [0.25, 0.3) is 10.8 Å². The van der Waals surface area contributed by atoms with Gasteiger partial charge in [-0.1, -0.05) is 72.8 Å². The number of carbonyl (C=O) groups excluding carboxylic acids is 1. The standard InChI is InChI=1S/C28H27NO3/c1-19-15-22(16-20(2)27(19)30)18-29(17-21-9-5-4-6-10-21)28(31)26-24-12-8-7-11-23(24)13-14-25(26)32-3/h4-16,30H,17-18H2,1-3H3. The first-order chi connectivity index (χ1) is 15.5. The second kappa shape index (κ2) is 9.15. The Bertz CT molecular complexity index is 1240. The quantitative estimate of drug-likeness (QED) is 0.411. The molecule has 0 aromatic heterocycles. The van der Waals surface area contributed by atoms with E-state index in [1.165, 1.54) is 0 Å². The number of carbonyl (C=O) groups is 1. The SMILES string of the molecule is COc1ccc2ccccc2c1C(=O)N(Cc1ccccc1)Cc1cc(C)c(O)c(C)c1. The summed E-state index contributed by atoms with van der Waals surface area (Å²) in [6.45, 7) is 4.64. The maximum absolute atomic E-state index is 14.0. The molecule has 162 valence electrons. The molecule has 0 unspecified atom stereocenters. The van der Waals surface area contributed by atoms with E-state index in [2.05, 4.69) is 0 Å². The van der Waals surface area contributed by atoms with Crippen molar-refractivity contribution in [3.05, 3.63) is 107 Å². The molecule has 0 atom stereocenters. The van der Waals surface area contributed by atoms with Crippen molar-refractivity contribution in [1.82, 2.24) is 4.90 Å². The van der Waals surface area contributed by atoms with Crippen LogP contribution in [0.2, 0.25) is 0 Å². The van der Waals surface area contributed by atoms with Gasteiger partial charge in [-0.15, -0.1) is 0 Å². The average molecular weight is 426 g/mol. The highest BCUT2D eigenvalue weighted by Gasteiger charge is 2.23. The fraction of sp³-hybridized carbons (Fsp3) is 0.179. The van der Waals surface area contributed by atoms with Gasteiger partial charge in [-0.05, 0) is 52.9 Å². The molecule has 0 aliphatic carbocycles. The van der Waals surface area contributed by atoms with Gasteiger partial charge in [0.15, 0.2) is 0 Å². The van der Waals surface area contributed by atoms with Gasteiger partial charge in [-0.2, -0.15) is 0 Å². The number of phenolic OH excluding ortho intramolecular Hbond substituents is 1. The Balaban J connectivity index is 1.80. The Kier molecular flexibility index (Phi) is 6.13. The molecule has 0 bridgehead atoms. The molecular weight excluding hydrogens is 398 g/mol. The average Bonchev–Trinajstić information content (AvgIpc) is 2.81. The highest BCUT2D eigenvalue weighted by Crippen LogP contribution is 2.31. The number of amides is 1.